The minimum absolute atomic E-state index is 0.0301. The van der Waals surface area contributed by atoms with E-state index in [1.807, 2.05) is 19.2 Å². The van der Waals surface area contributed by atoms with E-state index >= 15 is 0 Å². The van der Waals surface area contributed by atoms with Gasteiger partial charge in [0.05, 0.1) is 23.0 Å². The molecular weight excluding hydrogens is 380 g/mol. The Morgan fingerprint density at radius 3 is 2.66 bits per heavy atom. The van der Waals surface area contributed by atoms with Crippen molar-refractivity contribution in [3.8, 4) is 6.07 Å². The molecule has 3 rings (SSSR count). The Bertz CT molecular complexity index is 968. The van der Waals surface area contributed by atoms with Crippen molar-refractivity contribution >= 4 is 22.2 Å². The maximum atomic E-state index is 12.7. The average Bonchev–Trinajstić information content (AvgIpc) is 2.92. The summed E-state index contributed by atoms with van der Waals surface area (Å²) in [5.41, 5.74) is 4.16. The lowest BCUT2D eigenvalue weighted by molar-refractivity contribution is -0.885. The second-order valence-electron chi connectivity index (χ2n) is 9.54. The van der Waals surface area contributed by atoms with Crippen LogP contribution in [-0.4, -0.2) is 25.0 Å². The van der Waals surface area contributed by atoms with Crippen molar-refractivity contribution in [2.24, 2.45) is 0 Å². The van der Waals surface area contributed by atoms with Gasteiger partial charge in [-0.15, -0.1) is 11.3 Å². The van der Waals surface area contributed by atoms with Crippen LogP contribution in [0.3, 0.4) is 0 Å². The lowest BCUT2D eigenvalue weighted by atomic mass is 9.81. The van der Waals surface area contributed by atoms with E-state index in [-0.39, 0.29) is 17.0 Å². The molecule has 1 atom stereocenters. The van der Waals surface area contributed by atoms with E-state index in [0.717, 1.165) is 23.4 Å². The number of amides is 1. The summed E-state index contributed by atoms with van der Waals surface area (Å²) < 4.78 is 0. The summed E-state index contributed by atoms with van der Waals surface area (Å²) in [6.07, 6.45) is 0.833. The van der Waals surface area contributed by atoms with E-state index in [9.17, 15) is 10.1 Å². The SMILES string of the molecule is Cc1ccccc1C[NH+](C)CC(=O)Nc1sc2c(c1C#N)CC(C)(C)[NH2+]C2(C)C. The number of nitrogens with one attached hydrogen (secondary N) is 2. The van der Waals surface area contributed by atoms with Crippen LogP contribution in [0.1, 0.15) is 54.8 Å². The number of carbonyl (C=O) groups is 1. The van der Waals surface area contributed by atoms with E-state index in [1.54, 1.807) is 11.3 Å². The predicted octanol–water partition coefficient (Wildman–Crippen LogP) is 1.71. The molecule has 0 bridgehead atoms. The van der Waals surface area contributed by atoms with Gasteiger partial charge in [-0.2, -0.15) is 5.26 Å². The summed E-state index contributed by atoms with van der Waals surface area (Å²) in [5.74, 6) is -0.0489. The highest BCUT2D eigenvalue weighted by atomic mass is 32.1. The van der Waals surface area contributed by atoms with E-state index in [2.05, 4.69) is 63.5 Å². The van der Waals surface area contributed by atoms with Gasteiger partial charge < -0.3 is 15.5 Å². The monoisotopic (exact) mass is 412 g/mol. The highest BCUT2D eigenvalue weighted by Crippen LogP contribution is 2.41. The standard InChI is InChI=1S/C23H30N4OS/c1-15-9-7-8-10-16(15)13-27(6)14-19(28)25-21-18(12-24)17-11-22(2,3)26-23(4,5)20(17)29-21/h7-10,26H,11,13-14H2,1-6H3,(H,25,28)/p+2. The minimum Gasteiger partial charge on any atom is -0.333 e. The molecule has 4 N–H and O–H groups in total. The van der Waals surface area contributed by atoms with Crippen molar-refractivity contribution in [3.05, 3.63) is 51.4 Å². The van der Waals surface area contributed by atoms with E-state index < -0.39 is 0 Å². The number of likely N-dealkylation sites (N-methyl/N-ethyl adjacent to an activating group) is 1. The lowest BCUT2D eigenvalue weighted by Crippen LogP contribution is -3.08. The van der Waals surface area contributed by atoms with Crippen LogP contribution in [0.4, 0.5) is 5.00 Å². The van der Waals surface area contributed by atoms with Crippen LogP contribution >= 0.6 is 11.3 Å². The zero-order chi connectivity index (χ0) is 21.4. The van der Waals surface area contributed by atoms with Crippen LogP contribution in [0.5, 0.6) is 0 Å². The molecule has 6 heteroatoms. The van der Waals surface area contributed by atoms with Crippen LogP contribution in [0.2, 0.25) is 0 Å². The fourth-order valence-electron chi connectivity index (χ4n) is 4.55. The number of nitriles is 1. The summed E-state index contributed by atoms with van der Waals surface area (Å²) in [7, 11) is 2.03. The number of hydrogen-bond acceptors (Lipinski definition) is 3. The second-order valence-corrected chi connectivity index (χ2v) is 10.6. The Hall–Kier alpha value is -2.20. The van der Waals surface area contributed by atoms with Gasteiger partial charge >= 0.3 is 0 Å². The quantitative estimate of drug-likeness (QED) is 0.700. The minimum atomic E-state index is -0.108. The smallest absolute Gasteiger partial charge is 0.280 e. The third kappa shape index (κ3) is 4.69. The molecule has 0 saturated heterocycles. The molecule has 1 amide bonds. The van der Waals surface area contributed by atoms with Gasteiger partial charge in [0.25, 0.3) is 5.91 Å². The van der Waals surface area contributed by atoms with E-state index in [4.69, 9.17) is 0 Å². The molecule has 2 heterocycles. The Morgan fingerprint density at radius 1 is 1.31 bits per heavy atom. The summed E-state index contributed by atoms with van der Waals surface area (Å²) >= 11 is 1.56. The van der Waals surface area contributed by atoms with Gasteiger partial charge in [-0.05, 0) is 45.7 Å². The van der Waals surface area contributed by atoms with Gasteiger partial charge in [0, 0.05) is 12.0 Å². The normalized spacial score (nSPS) is 17.8. The molecular formula is C23H32N4OS+2. The Balaban J connectivity index is 1.75. The average molecular weight is 413 g/mol. The molecule has 0 fully saturated rings. The zero-order valence-electron chi connectivity index (χ0n) is 18.3. The molecule has 0 spiro atoms. The number of carbonyl (C=O) groups excluding carboxylic acids is 1. The van der Waals surface area contributed by atoms with Crippen LogP contribution in [-0.2, 0) is 23.3 Å². The molecule has 0 saturated carbocycles. The van der Waals surface area contributed by atoms with Gasteiger partial charge in [0.2, 0.25) is 0 Å². The molecule has 0 aliphatic carbocycles. The number of fused-ring (bicyclic) bond motifs is 1. The number of nitrogens with zero attached hydrogens (tertiary/aromatic N) is 1. The predicted molar refractivity (Wildman–Crippen MR) is 117 cm³/mol. The number of quaternary nitrogens is 2. The first-order valence-corrected chi connectivity index (χ1v) is 10.9. The van der Waals surface area contributed by atoms with Crippen LogP contribution < -0.4 is 15.5 Å². The fourth-order valence-corrected chi connectivity index (χ4v) is 5.81. The van der Waals surface area contributed by atoms with Gasteiger partial charge in [0.15, 0.2) is 6.54 Å². The van der Waals surface area contributed by atoms with Crippen molar-refractivity contribution in [2.75, 3.05) is 18.9 Å². The Morgan fingerprint density at radius 2 is 2.00 bits per heavy atom. The van der Waals surface area contributed by atoms with Crippen molar-refractivity contribution < 1.29 is 15.0 Å². The van der Waals surface area contributed by atoms with Crippen LogP contribution in [0, 0.1) is 18.3 Å². The van der Waals surface area contributed by atoms with Gasteiger partial charge in [-0.1, -0.05) is 24.3 Å². The molecule has 1 aromatic heterocycles. The molecule has 154 valence electrons. The first-order chi connectivity index (χ1) is 13.5. The lowest BCUT2D eigenvalue weighted by Gasteiger charge is -2.38. The van der Waals surface area contributed by atoms with Gasteiger partial charge in [0.1, 0.15) is 23.2 Å². The molecule has 5 nitrogen and oxygen atoms in total. The third-order valence-corrected chi connectivity index (χ3v) is 7.04. The summed E-state index contributed by atoms with van der Waals surface area (Å²) in [4.78, 5) is 15.0. The van der Waals surface area contributed by atoms with Crippen molar-refractivity contribution in [3.63, 3.8) is 0 Å². The molecule has 1 unspecified atom stereocenters. The maximum Gasteiger partial charge on any atom is 0.280 e. The Labute approximate surface area is 177 Å². The zero-order valence-corrected chi connectivity index (χ0v) is 19.1. The van der Waals surface area contributed by atoms with Crippen molar-refractivity contribution in [1.29, 1.82) is 5.26 Å². The summed E-state index contributed by atoms with van der Waals surface area (Å²) in [6.45, 7) is 12.0. The Kier molecular flexibility index (Phi) is 5.86. The molecule has 1 aliphatic rings. The number of nitrogens with two attached hydrogens (primary N) is 1. The van der Waals surface area contributed by atoms with Crippen LogP contribution in [0.15, 0.2) is 24.3 Å². The fraction of sp³-hybridized carbons (Fsp3) is 0.478. The number of rotatable bonds is 5. The molecule has 1 aliphatic heterocycles. The molecule has 2 aromatic rings. The number of anilines is 1. The first kappa shape index (κ1) is 21.5. The van der Waals surface area contributed by atoms with Crippen LogP contribution in [0.25, 0.3) is 0 Å². The number of hydrogen-bond donors (Lipinski definition) is 3. The number of aryl methyl sites for hydroxylation is 1. The summed E-state index contributed by atoms with van der Waals surface area (Å²) in [5, 5.41) is 15.9. The van der Waals surface area contributed by atoms with Crippen molar-refractivity contribution in [2.45, 2.75) is 58.7 Å². The second kappa shape index (κ2) is 7.91. The summed E-state index contributed by atoms with van der Waals surface area (Å²) in [6, 6.07) is 10.6. The maximum absolute atomic E-state index is 12.7. The highest BCUT2D eigenvalue weighted by Gasteiger charge is 2.44. The molecule has 29 heavy (non-hydrogen) atoms. The van der Waals surface area contributed by atoms with Crippen molar-refractivity contribution in [1.82, 2.24) is 0 Å². The number of benzene rings is 1. The van der Waals surface area contributed by atoms with E-state index in [1.165, 1.54) is 16.0 Å². The largest absolute Gasteiger partial charge is 0.333 e. The number of thiophene rings is 1. The molecule has 1 aromatic carbocycles. The third-order valence-electron chi connectivity index (χ3n) is 5.56. The van der Waals surface area contributed by atoms with Gasteiger partial charge in [-0.3, -0.25) is 4.79 Å². The van der Waals surface area contributed by atoms with E-state index in [0.29, 0.717) is 17.1 Å². The topological polar surface area (TPSA) is 73.9 Å². The highest BCUT2D eigenvalue weighted by molar-refractivity contribution is 7.16. The molecule has 0 radical (unpaired) electrons. The van der Waals surface area contributed by atoms with Gasteiger partial charge in [-0.25, -0.2) is 0 Å². The first-order valence-electron chi connectivity index (χ1n) is 10.1.